The molecule has 9 heteroatoms. The van der Waals surface area contributed by atoms with Gasteiger partial charge in [-0.15, -0.1) is 10.2 Å². The minimum atomic E-state index is -3.60. The molecule has 1 aromatic heterocycles. The summed E-state index contributed by atoms with van der Waals surface area (Å²) in [6, 6.07) is 5.12. The Morgan fingerprint density at radius 3 is 2.53 bits per heavy atom. The first-order valence-electron chi connectivity index (χ1n) is 12.8. The molecule has 4 heterocycles. The molecule has 1 amide bonds. The Labute approximate surface area is 202 Å². The first kappa shape index (κ1) is 23.5. The van der Waals surface area contributed by atoms with E-state index >= 15 is 0 Å². The molecule has 0 radical (unpaired) electrons. The number of nitrogens with zero attached hydrogens (tertiary/aromatic N) is 5. The van der Waals surface area contributed by atoms with Gasteiger partial charge in [-0.05, 0) is 63.1 Å². The number of amides is 1. The fourth-order valence-electron chi connectivity index (χ4n) is 5.62. The summed E-state index contributed by atoms with van der Waals surface area (Å²) in [4.78, 5) is 15.6. The molecule has 1 unspecified atom stereocenters. The van der Waals surface area contributed by atoms with E-state index in [-0.39, 0.29) is 16.7 Å². The van der Waals surface area contributed by atoms with Crippen molar-refractivity contribution in [3.8, 4) is 0 Å². The molecule has 8 nitrogen and oxygen atoms in total. The highest BCUT2D eigenvalue weighted by molar-refractivity contribution is 7.89. The van der Waals surface area contributed by atoms with Crippen LogP contribution in [0.15, 0.2) is 23.1 Å². The number of hydrogen-bond acceptors (Lipinski definition) is 5. The molecule has 0 N–H and O–H groups in total. The summed E-state index contributed by atoms with van der Waals surface area (Å²) in [5.74, 6) is 2.14. The number of carbonyl (C=O) groups excluding carboxylic acids is 1. The molecule has 2 fully saturated rings. The van der Waals surface area contributed by atoms with Crippen molar-refractivity contribution < 1.29 is 13.2 Å². The fourth-order valence-corrected chi connectivity index (χ4v) is 7.39. The van der Waals surface area contributed by atoms with Crippen LogP contribution in [0, 0.1) is 6.92 Å². The van der Waals surface area contributed by atoms with Gasteiger partial charge in [-0.25, -0.2) is 8.42 Å². The Bertz CT molecular complexity index is 1150. The second kappa shape index (κ2) is 9.77. The number of sulfonamides is 1. The van der Waals surface area contributed by atoms with E-state index in [0.29, 0.717) is 37.3 Å². The molecular formula is C25H35N5O3S. The van der Waals surface area contributed by atoms with Gasteiger partial charge in [0.15, 0.2) is 0 Å². The van der Waals surface area contributed by atoms with Gasteiger partial charge >= 0.3 is 0 Å². The summed E-state index contributed by atoms with van der Waals surface area (Å²) in [7, 11) is -3.60. The summed E-state index contributed by atoms with van der Waals surface area (Å²) >= 11 is 0. The molecule has 0 bridgehead atoms. The van der Waals surface area contributed by atoms with Gasteiger partial charge < -0.3 is 9.47 Å². The molecule has 2 aromatic rings. The SMILES string of the molecule is Cc1ccc(C(=O)N2CCCC(c3nnc4n3CCCCC4)C2)cc1S(=O)(=O)N1CCCCC1. The van der Waals surface area contributed by atoms with Gasteiger partial charge in [-0.2, -0.15) is 4.31 Å². The Hall–Kier alpha value is -2.26. The van der Waals surface area contributed by atoms with E-state index < -0.39 is 10.0 Å². The number of benzene rings is 1. The molecule has 1 atom stereocenters. The van der Waals surface area contributed by atoms with Crippen LogP contribution in [0.5, 0.6) is 0 Å². The molecule has 0 saturated carbocycles. The third-order valence-electron chi connectivity index (χ3n) is 7.58. The number of hydrogen-bond donors (Lipinski definition) is 0. The zero-order valence-electron chi connectivity index (χ0n) is 20.1. The van der Waals surface area contributed by atoms with Crippen molar-refractivity contribution in [3.05, 3.63) is 41.0 Å². The van der Waals surface area contributed by atoms with Gasteiger partial charge in [0.1, 0.15) is 11.6 Å². The van der Waals surface area contributed by atoms with E-state index in [1.54, 1.807) is 29.4 Å². The van der Waals surface area contributed by atoms with Crippen LogP contribution in [0.3, 0.4) is 0 Å². The molecule has 184 valence electrons. The largest absolute Gasteiger partial charge is 0.338 e. The minimum absolute atomic E-state index is 0.101. The lowest BCUT2D eigenvalue weighted by atomic mass is 9.96. The highest BCUT2D eigenvalue weighted by Gasteiger charge is 2.32. The van der Waals surface area contributed by atoms with Crippen LogP contribution in [0.1, 0.15) is 84.9 Å². The number of likely N-dealkylation sites (tertiary alicyclic amines) is 1. The average Bonchev–Trinajstić information content (AvgIpc) is 3.12. The molecule has 3 aliphatic heterocycles. The zero-order chi connectivity index (χ0) is 23.7. The highest BCUT2D eigenvalue weighted by atomic mass is 32.2. The van der Waals surface area contributed by atoms with Gasteiger partial charge in [-0.3, -0.25) is 4.79 Å². The predicted octanol–water partition coefficient (Wildman–Crippen LogP) is 3.51. The molecule has 0 spiro atoms. The topological polar surface area (TPSA) is 88.4 Å². The van der Waals surface area contributed by atoms with Gasteiger partial charge in [0.2, 0.25) is 10.0 Å². The fraction of sp³-hybridized carbons (Fsp3) is 0.640. The molecule has 34 heavy (non-hydrogen) atoms. The van der Waals surface area contributed by atoms with Crippen LogP contribution >= 0.6 is 0 Å². The van der Waals surface area contributed by atoms with Crippen LogP contribution in [-0.2, 0) is 23.0 Å². The van der Waals surface area contributed by atoms with Crippen molar-refractivity contribution in [1.29, 1.82) is 0 Å². The minimum Gasteiger partial charge on any atom is -0.338 e. The summed E-state index contributed by atoms with van der Waals surface area (Å²) in [5.41, 5.74) is 1.13. The monoisotopic (exact) mass is 485 g/mol. The number of piperidine rings is 2. The van der Waals surface area contributed by atoms with Crippen molar-refractivity contribution in [2.75, 3.05) is 26.2 Å². The standard InChI is InChI=1S/C25H35N5O3S/c1-19-11-12-20(17-22(19)34(32,33)29-14-5-3-6-15-29)25(31)28-13-8-9-21(18-28)24-27-26-23-10-4-2-7-16-30(23)24/h11-12,17,21H,2-10,13-16,18H2,1H3. The van der Waals surface area contributed by atoms with Gasteiger partial charge in [-0.1, -0.05) is 18.9 Å². The maximum atomic E-state index is 13.5. The Morgan fingerprint density at radius 2 is 1.71 bits per heavy atom. The van der Waals surface area contributed by atoms with Crippen LogP contribution < -0.4 is 0 Å². The van der Waals surface area contributed by atoms with E-state index in [1.807, 2.05) is 4.90 Å². The zero-order valence-corrected chi connectivity index (χ0v) is 20.9. The number of aromatic nitrogens is 3. The van der Waals surface area contributed by atoms with E-state index in [9.17, 15) is 13.2 Å². The van der Waals surface area contributed by atoms with Crippen molar-refractivity contribution in [3.63, 3.8) is 0 Å². The maximum Gasteiger partial charge on any atom is 0.253 e. The molecule has 0 aliphatic carbocycles. The summed E-state index contributed by atoms with van der Waals surface area (Å²) in [6.07, 6.45) is 9.22. The number of carbonyl (C=O) groups is 1. The summed E-state index contributed by atoms with van der Waals surface area (Å²) in [5, 5.41) is 8.98. The van der Waals surface area contributed by atoms with Crippen LogP contribution in [0.25, 0.3) is 0 Å². The van der Waals surface area contributed by atoms with E-state index in [0.717, 1.165) is 69.6 Å². The third kappa shape index (κ3) is 4.52. The Morgan fingerprint density at radius 1 is 0.941 bits per heavy atom. The summed E-state index contributed by atoms with van der Waals surface area (Å²) in [6.45, 7) is 5.14. The van der Waals surface area contributed by atoms with Crippen molar-refractivity contribution in [1.82, 2.24) is 24.0 Å². The molecule has 5 rings (SSSR count). The number of fused-ring (bicyclic) bond motifs is 1. The first-order valence-corrected chi connectivity index (χ1v) is 14.2. The first-order chi connectivity index (χ1) is 16.4. The lowest BCUT2D eigenvalue weighted by Crippen LogP contribution is -2.40. The van der Waals surface area contributed by atoms with Gasteiger partial charge in [0.25, 0.3) is 5.91 Å². The molecular weight excluding hydrogens is 450 g/mol. The lowest BCUT2D eigenvalue weighted by molar-refractivity contribution is 0.0703. The van der Waals surface area contributed by atoms with Crippen molar-refractivity contribution in [2.45, 2.75) is 82.1 Å². The van der Waals surface area contributed by atoms with Gasteiger partial charge in [0, 0.05) is 50.6 Å². The maximum absolute atomic E-state index is 13.5. The smallest absolute Gasteiger partial charge is 0.253 e. The van der Waals surface area contributed by atoms with Crippen molar-refractivity contribution >= 4 is 15.9 Å². The predicted molar refractivity (Wildman–Crippen MR) is 129 cm³/mol. The van der Waals surface area contributed by atoms with Gasteiger partial charge in [0.05, 0.1) is 4.90 Å². The molecule has 1 aromatic carbocycles. The Balaban J connectivity index is 1.36. The Kier molecular flexibility index (Phi) is 6.75. The van der Waals surface area contributed by atoms with Crippen LogP contribution in [0.2, 0.25) is 0 Å². The van der Waals surface area contributed by atoms with Crippen LogP contribution in [-0.4, -0.2) is 64.5 Å². The average molecular weight is 486 g/mol. The van der Waals surface area contributed by atoms with E-state index in [1.165, 1.54) is 6.42 Å². The third-order valence-corrected chi connectivity index (χ3v) is 9.62. The van der Waals surface area contributed by atoms with Crippen molar-refractivity contribution in [2.24, 2.45) is 0 Å². The molecule has 3 aliphatic rings. The lowest BCUT2D eigenvalue weighted by Gasteiger charge is -2.33. The summed E-state index contributed by atoms with van der Waals surface area (Å²) < 4.78 is 30.5. The van der Waals surface area contributed by atoms with E-state index in [4.69, 9.17) is 0 Å². The van der Waals surface area contributed by atoms with Crippen LogP contribution in [0.4, 0.5) is 0 Å². The normalized spacial score (nSPS) is 22.3. The second-order valence-corrected chi connectivity index (χ2v) is 11.9. The second-order valence-electron chi connectivity index (χ2n) is 9.97. The highest BCUT2D eigenvalue weighted by Crippen LogP contribution is 2.30. The molecule has 2 saturated heterocycles. The number of aryl methyl sites for hydroxylation is 2. The van der Waals surface area contributed by atoms with E-state index in [2.05, 4.69) is 14.8 Å². The number of rotatable bonds is 4. The quantitative estimate of drug-likeness (QED) is 0.661.